The molecule has 1 aliphatic rings. The standard InChI is InChI=1S/C16H10O/c17-16-11-14-7-2-1-5-12(14)9-10-13-6-3-4-8-15(13)16/h1-8H,11H2. The summed E-state index contributed by atoms with van der Waals surface area (Å²) < 4.78 is 0. The molecule has 80 valence electrons. The van der Waals surface area contributed by atoms with Gasteiger partial charge in [-0.15, -0.1) is 0 Å². The summed E-state index contributed by atoms with van der Waals surface area (Å²) in [4.78, 5) is 12.2. The maximum absolute atomic E-state index is 12.2. The third-order valence-electron chi connectivity index (χ3n) is 2.93. The second kappa shape index (κ2) is 3.92. The highest BCUT2D eigenvalue weighted by molar-refractivity contribution is 6.00. The number of carbonyl (C=O) groups is 1. The van der Waals surface area contributed by atoms with E-state index in [0.29, 0.717) is 6.42 Å². The topological polar surface area (TPSA) is 17.1 Å². The number of hydrogen-bond acceptors (Lipinski definition) is 1. The number of ketones is 1. The molecule has 0 fully saturated rings. The summed E-state index contributed by atoms with van der Waals surface area (Å²) >= 11 is 0. The van der Waals surface area contributed by atoms with Crippen LogP contribution in [-0.2, 0) is 6.42 Å². The number of carbonyl (C=O) groups excluding carboxylic acids is 1. The Morgan fingerprint density at radius 2 is 1.47 bits per heavy atom. The summed E-state index contributed by atoms with van der Waals surface area (Å²) in [6, 6.07) is 15.4. The first-order valence-electron chi connectivity index (χ1n) is 5.57. The summed E-state index contributed by atoms with van der Waals surface area (Å²) in [6.45, 7) is 0. The zero-order chi connectivity index (χ0) is 11.7. The lowest BCUT2D eigenvalue weighted by atomic mass is 9.94. The molecular formula is C16H10O. The lowest BCUT2D eigenvalue weighted by Crippen LogP contribution is -2.08. The lowest BCUT2D eigenvalue weighted by molar-refractivity contribution is 0.0992. The maximum atomic E-state index is 12.2. The van der Waals surface area contributed by atoms with E-state index in [2.05, 4.69) is 11.8 Å². The first-order valence-corrected chi connectivity index (χ1v) is 5.57. The van der Waals surface area contributed by atoms with Crippen LogP contribution in [0.3, 0.4) is 0 Å². The SMILES string of the molecule is O=C1Cc2ccccc2C#Cc2ccccc21. The maximum Gasteiger partial charge on any atom is 0.168 e. The first kappa shape index (κ1) is 9.86. The molecule has 3 rings (SSSR count). The van der Waals surface area contributed by atoms with Gasteiger partial charge in [0.25, 0.3) is 0 Å². The fourth-order valence-corrected chi connectivity index (χ4v) is 2.03. The molecule has 2 aromatic carbocycles. The van der Waals surface area contributed by atoms with E-state index in [1.165, 1.54) is 0 Å². The Kier molecular flexibility index (Phi) is 2.27. The van der Waals surface area contributed by atoms with Gasteiger partial charge in [0.05, 0.1) is 0 Å². The molecule has 0 amide bonds. The molecule has 0 atom stereocenters. The molecular weight excluding hydrogens is 208 g/mol. The van der Waals surface area contributed by atoms with E-state index >= 15 is 0 Å². The van der Waals surface area contributed by atoms with E-state index in [1.807, 2.05) is 48.5 Å². The number of benzene rings is 2. The van der Waals surface area contributed by atoms with Crippen molar-refractivity contribution in [3.63, 3.8) is 0 Å². The Labute approximate surface area is 100 Å². The molecule has 1 nitrogen and oxygen atoms in total. The van der Waals surface area contributed by atoms with E-state index < -0.39 is 0 Å². The van der Waals surface area contributed by atoms with Gasteiger partial charge in [-0.05, 0) is 17.7 Å². The van der Waals surface area contributed by atoms with E-state index in [-0.39, 0.29) is 5.78 Å². The summed E-state index contributed by atoms with van der Waals surface area (Å²) in [6.07, 6.45) is 0.432. The van der Waals surface area contributed by atoms with Crippen LogP contribution in [0.15, 0.2) is 48.5 Å². The highest BCUT2D eigenvalue weighted by atomic mass is 16.1. The van der Waals surface area contributed by atoms with Crippen molar-refractivity contribution in [2.45, 2.75) is 6.42 Å². The van der Waals surface area contributed by atoms with Crippen LogP contribution in [0.25, 0.3) is 0 Å². The molecule has 0 spiro atoms. The molecule has 0 unspecified atom stereocenters. The molecule has 0 aromatic heterocycles. The van der Waals surface area contributed by atoms with E-state index in [4.69, 9.17) is 0 Å². The predicted molar refractivity (Wildman–Crippen MR) is 66.9 cm³/mol. The third-order valence-corrected chi connectivity index (χ3v) is 2.93. The second-order valence-electron chi connectivity index (χ2n) is 4.05. The number of fused-ring (bicyclic) bond motifs is 2. The van der Waals surface area contributed by atoms with Gasteiger partial charge in [0.1, 0.15) is 0 Å². The molecule has 0 bridgehead atoms. The average molecular weight is 218 g/mol. The lowest BCUT2D eigenvalue weighted by Gasteiger charge is -2.08. The largest absolute Gasteiger partial charge is 0.294 e. The number of hydrogen-bond donors (Lipinski definition) is 0. The van der Waals surface area contributed by atoms with Crippen LogP contribution in [0.4, 0.5) is 0 Å². The number of Topliss-reactive ketones (excluding diaryl/α,β-unsaturated/α-hetero) is 1. The van der Waals surface area contributed by atoms with Gasteiger partial charge in [0, 0.05) is 23.1 Å². The van der Waals surface area contributed by atoms with E-state index in [0.717, 1.165) is 22.3 Å². The van der Waals surface area contributed by atoms with Gasteiger partial charge in [0.2, 0.25) is 0 Å². The zero-order valence-corrected chi connectivity index (χ0v) is 9.23. The van der Waals surface area contributed by atoms with Crippen LogP contribution in [0.5, 0.6) is 0 Å². The Balaban J connectivity index is 2.24. The molecule has 0 aliphatic heterocycles. The minimum atomic E-state index is 0.141. The minimum absolute atomic E-state index is 0.141. The Morgan fingerprint density at radius 3 is 2.35 bits per heavy atom. The third kappa shape index (κ3) is 1.74. The molecule has 2 aromatic rings. The molecule has 0 radical (unpaired) electrons. The van der Waals surface area contributed by atoms with Crippen molar-refractivity contribution in [3.8, 4) is 11.8 Å². The van der Waals surface area contributed by atoms with Crippen LogP contribution in [0.2, 0.25) is 0 Å². The summed E-state index contributed by atoms with van der Waals surface area (Å²) in [5, 5.41) is 0. The van der Waals surface area contributed by atoms with Crippen LogP contribution in [-0.4, -0.2) is 5.78 Å². The van der Waals surface area contributed by atoms with Crippen molar-refractivity contribution >= 4 is 5.78 Å². The molecule has 17 heavy (non-hydrogen) atoms. The summed E-state index contributed by atoms with van der Waals surface area (Å²) in [5.41, 5.74) is 3.52. The molecule has 1 aliphatic carbocycles. The van der Waals surface area contributed by atoms with E-state index in [1.54, 1.807) is 0 Å². The van der Waals surface area contributed by atoms with Gasteiger partial charge in [0.15, 0.2) is 5.78 Å². The molecule has 0 N–H and O–H groups in total. The number of rotatable bonds is 0. The van der Waals surface area contributed by atoms with E-state index in [9.17, 15) is 4.79 Å². The van der Waals surface area contributed by atoms with Crippen LogP contribution >= 0.6 is 0 Å². The molecule has 1 heteroatoms. The van der Waals surface area contributed by atoms with Crippen LogP contribution in [0, 0.1) is 11.8 Å². The Morgan fingerprint density at radius 1 is 0.824 bits per heavy atom. The molecule has 0 saturated heterocycles. The van der Waals surface area contributed by atoms with Crippen molar-refractivity contribution in [1.29, 1.82) is 0 Å². The zero-order valence-electron chi connectivity index (χ0n) is 9.23. The van der Waals surface area contributed by atoms with Gasteiger partial charge in [-0.1, -0.05) is 48.2 Å². The summed E-state index contributed by atoms with van der Waals surface area (Å²) in [5.74, 6) is 6.36. The van der Waals surface area contributed by atoms with Crippen LogP contribution in [0.1, 0.15) is 27.0 Å². The Hall–Kier alpha value is -2.33. The highest BCUT2D eigenvalue weighted by Crippen LogP contribution is 2.17. The van der Waals surface area contributed by atoms with Gasteiger partial charge < -0.3 is 0 Å². The highest BCUT2D eigenvalue weighted by Gasteiger charge is 2.14. The van der Waals surface area contributed by atoms with Crippen molar-refractivity contribution in [2.75, 3.05) is 0 Å². The van der Waals surface area contributed by atoms with Gasteiger partial charge in [-0.2, -0.15) is 0 Å². The monoisotopic (exact) mass is 218 g/mol. The quantitative estimate of drug-likeness (QED) is 0.621. The minimum Gasteiger partial charge on any atom is -0.294 e. The second-order valence-corrected chi connectivity index (χ2v) is 4.05. The van der Waals surface area contributed by atoms with Gasteiger partial charge in [-0.3, -0.25) is 4.79 Å². The molecule has 0 heterocycles. The predicted octanol–water partition coefficient (Wildman–Crippen LogP) is 2.83. The van der Waals surface area contributed by atoms with Crippen molar-refractivity contribution in [1.82, 2.24) is 0 Å². The summed E-state index contributed by atoms with van der Waals surface area (Å²) in [7, 11) is 0. The van der Waals surface area contributed by atoms with Crippen molar-refractivity contribution < 1.29 is 4.79 Å². The fraction of sp³-hybridized carbons (Fsp3) is 0.0625. The Bertz CT molecular complexity index is 656. The van der Waals surface area contributed by atoms with Crippen molar-refractivity contribution in [3.05, 3.63) is 70.8 Å². The smallest absolute Gasteiger partial charge is 0.168 e. The fourth-order valence-electron chi connectivity index (χ4n) is 2.03. The average Bonchev–Trinajstić information content (AvgIpc) is 2.36. The van der Waals surface area contributed by atoms with Gasteiger partial charge in [-0.25, -0.2) is 0 Å². The van der Waals surface area contributed by atoms with Crippen LogP contribution < -0.4 is 0 Å². The first-order chi connectivity index (χ1) is 8.34. The van der Waals surface area contributed by atoms with Crippen molar-refractivity contribution in [2.24, 2.45) is 0 Å². The normalized spacial score (nSPS) is 12.6. The van der Waals surface area contributed by atoms with Gasteiger partial charge >= 0.3 is 0 Å². The molecule has 0 saturated carbocycles.